The fraction of sp³-hybridized carbons (Fsp3) is 1.00. The van der Waals surface area contributed by atoms with Gasteiger partial charge in [0.05, 0.1) is 0 Å². The standard InChI is InChI=1S/C13H27N3O/c1-15-6-3-7-16(2)12(10-15)13(14)11-4-8-17-9-5-11/h11-13H,3-10,14H2,1-2H3. The number of likely N-dealkylation sites (N-methyl/N-ethyl adjacent to an activating group) is 2. The van der Waals surface area contributed by atoms with Crippen LogP contribution >= 0.6 is 0 Å². The zero-order valence-corrected chi connectivity index (χ0v) is 11.3. The van der Waals surface area contributed by atoms with E-state index in [0.29, 0.717) is 18.0 Å². The summed E-state index contributed by atoms with van der Waals surface area (Å²) in [5, 5.41) is 0. The summed E-state index contributed by atoms with van der Waals surface area (Å²) in [5.41, 5.74) is 6.52. The smallest absolute Gasteiger partial charge is 0.0469 e. The lowest BCUT2D eigenvalue weighted by molar-refractivity contribution is 0.0430. The molecule has 0 radical (unpaired) electrons. The first-order valence-corrected chi connectivity index (χ1v) is 6.90. The summed E-state index contributed by atoms with van der Waals surface area (Å²) in [6, 6.07) is 0.801. The molecule has 2 atom stereocenters. The van der Waals surface area contributed by atoms with Crippen molar-refractivity contribution in [1.29, 1.82) is 0 Å². The largest absolute Gasteiger partial charge is 0.381 e. The van der Waals surface area contributed by atoms with E-state index < -0.39 is 0 Å². The highest BCUT2D eigenvalue weighted by molar-refractivity contribution is 4.90. The first kappa shape index (κ1) is 13.3. The Bertz CT molecular complexity index is 231. The van der Waals surface area contributed by atoms with Gasteiger partial charge < -0.3 is 20.3 Å². The number of hydrogen-bond donors (Lipinski definition) is 1. The van der Waals surface area contributed by atoms with Crippen LogP contribution in [0.25, 0.3) is 0 Å². The SMILES string of the molecule is CN1CCCN(C)C(C(N)C2CCOCC2)C1. The molecule has 2 rings (SSSR count). The molecule has 2 aliphatic rings. The lowest BCUT2D eigenvalue weighted by Gasteiger charge is -2.38. The van der Waals surface area contributed by atoms with Crippen LogP contribution in [0.15, 0.2) is 0 Å². The Hall–Kier alpha value is -0.160. The summed E-state index contributed by atoms with van der Waals surface area (Å²) in [4.78, 5) is 4.89. The van der Waals surface area contributed by atoms with Gasteiger partial charge in [0.25, 0.3) is 0 Å². The van der Waals surface area contributed by atoms with E-state index >= 15 is 0 Å². The maximum Gasteiger partial charge on any atom is 0.0469 e. The Morgan fingerprint density at radius 1 is 1.18 bits per heavy atom. The first-order chi connectivity index (χ1) is 8.18. The van der Waals surface area contributed by atoms with Gasteiger partial charge in [0.15, 0.2) is 0 Å². The van der Waals surface area contributed by atoms with Crippen molar-refractivity contribution < 1.29 is 4.74 Å². The third kappa shape index (κ3) is 3.41. The molecule has 2 aliphatic heterocycles. The van der Waals surface area contributed by atoms with Crippen molar-refractivity contribution in [2.45, 2.75) is 31.3 Å². The van der Waals surface area contributed by atoms with Gasteiger partial charge in [-0.1, -0.05) is 0 Å². The van der Waals surface area contributed by atoms with Gasteiger partial charge in [0, 0.05) is 31.8 Å². The Morgan fingerprint density at radius 3 is 2.59 bits per heavy atom. The second-order valence-electron chi connectivity index (χ2n) is 5.69. The molecule has 2 saturated heterocycles. The molecular formula is C13H27N3O. The zero-order valence-electron chi connectivity index (χ0n) is 11.3. The zero-order chi connectivity index (χ0) is 12.3. The molecule has 100 valence electrons. The highest BCUT2D eigenvalue weighted by atomic mass is 16.5. The fourth-order valence-corrected chi connectivity index (χ4v) is 3.14. The van der Waals surface area contributed by atoms with Crippen LogP contribution in [0.2, 0.25) is 0 Å². The Morgan fingerprint density at radius 2 is 1.88 bits per heavy atom. The fourth-order valence-electron chi connectivity index (χ4n) is 3.14. The number of rotatable bonds is 2. The summed E-state index contributed by atoms with van der Waals surface area (Å²) < 4.78 is 5.43. The molecule has 2 heterocycles. The van der Waals surface area contributed by atoms with E-state index in [0.717, 1.165) is 32.6 Å². The molecule has 2 fully saturated rings. The number of hydrogen-bond acceptors (Lipinski definition) is 4. The van der Waals surface area contributed by atoms with Crippen LogP contribution in [-0.4, -0.2) is 68.8 Å². The topological polar surface area (TPSA) is 41.7 Å². The van der Waals surface area contributed by atoms with Crippen molar-refractivity contribution >= 4 is 0 Å². The molecule has 0 amide bonds. The molecule has 4 heteroatoms. The van der Waals surface area contributed by atoms with E-state index in [2.05, 4.69) is 23.9 Å². The predicted molar refractivity (Wildman–Crippen MR) is 70.1 cm³/mol. The minimum absolute atomic E-state index is 0.296. The third-order valence-electron chi connectivity index (χ3n) is 4.37. The van der Waals surface area contributed by atoms with Crippen LogP contribution in [0.4, 0.5) is 0 Å². The van der Waals surface area contributed by atoms with Gasteiger partial charge >= 0.3 is 0 Å². The lowest BCUT2D eigenvalue weighted by Crippen LogP contribution is -2.54. The highest BCUT2D eigenvalue weighted by Crippen LogP contribution is 2.22. The second-order valence-corrected chi connectivity index (χ2v) is 5.69. The number of ether oxygens (including phenoxy) is 1. The van der Waals surface area contributed by atoms with Gasteiger partial charge in [0.1, 0.15) is 0 Å². The maximum absolute atomic E-state index is 6.52. The minimum Gasteiger partial charge on any atom is -0.381 e. The van der Waals surface area contributed by atoms with Crippen LogP contribution < -0.4 is 5.73 Å². The van der Waals surface area contributed by atoms with E-state index in [1.54, 1.807) is 0 Å². The summed E-state index contributed by atoms with van der Waals surface area (Å²) >= 11 is 0. The number of nitrogens with zero attached hydrogens (tertiary/aromatic N) is 2. The van der Waals surface area contributed by atoms with Gasteiger partial charge in [-0.05, 0) is 52.4 Å². The molecular weight excluding hydrogens is 214 g/mol. The molecule has 0 bridgehead atoms. The van der Waals surface area contributed by atoms with Crippen molar-refractivity contribution in [2.24, 2.45) is 11.7 Å². The van der Waals surface area contributed by atoms with Crippen molar-refractivity contribution in [3.63, 3.8) is 0 Å². The van der Waals surface area contributed by atoms with Gasteiger partial charge in [-0.2, -0.15) is 0 Å². The monoisotopic (exact) mass is 241 g/mol. The molecule has 0 aromatic rings. The van der Waals surface area contributed by atoms with Crippen molar-refractivity contribution in [2.75, 3.05) is 46.9 Å². The molecule has 17 heavy (non-hydrogen) atoms. The lowest BCUT2D eigenvalue weighted by atomic mass is 9.87. The van der Waals surface area contributed by atoms with Gasteiger partial charge in [-0.3, -0.25) is 0 Å². The highest BCUT2D eigenvalue weighted by Gasteiger charge is 2.32. The average Bonchev–Trinajstić information content (AvgIpc) is 2.51. The third-order valence-corrected chi connectivity index (χ3v) is 4.37. The molecule has 0 saturated carbocycles. The molecule has 0 aliphatic carbocycles. The normalized spacial score (nSPS) is 32.3. The van der Waals surface area contributed by atoms with E-state index in [9.17, 15) is 0 Å². The van der Waals surface area contributed by atoms with Crippen molar-refractivity contribution in [3.8, 4) is 0 Å². The van der Waals surface area contributed by atoms with E-state index in [1.807, 2.05) is 0 Å². The van der Waals surface area contributed by atoms with Crippen LogP contribution in [0.3, 0.4) is 0 Å². The maximum atomic E-state index is 6.52. The van der Waals surface area contributed by atoms with Gasteiger partial charge in [-0.15, -0.1) is 0 Å². The molecule has 2 N–H and O–H groups in total. The van der Waals surface area contributed by atoms with Crippen molar-refractivity contribution in [1.82, 2.24) is 9.80 Å². The molecule has 4 nitrogen and oxygen atoms in total. The molecule has 0 aromatic heterocycles. The average molecular weight is 241 g/mol. The first-order valence-electron chi connectivity index (χ1n) is 6.90. The second kappa shape index (κ2) is 6.14. The molecule has 2 unspecified atom stereocenters. The van der Waals surface area contributed by atoms with Crippen LogP contribution in [0, 0.1) is 5.92 Å². The molecule has 0 aromatic carbocycles. The quantitative estimate of drug-likeness (QED) is 0.759. The summed E-state index contributed by atoms with van der Waals surface area (Å²) in [7, 11) is 4.44. The van der Waals surface area contributed by atoms with E-state index in [1.165, 1.54) is 19.5 Å². The van der Waals surface area contributed by atoms with E-state index in [-0.39, 0.29) is 0 Å². The van der Waals surface area contributed by atoms with Gasteiger partial charge in [-0.25, -0.2) is 0 Å². The molecule has 0 spiro atoms. The van der Waals surface area contributed by atoms with Gasteiger partial charge in [0.2, 0.25) is 0 Å². The Labute approximate surface area is 105 Å². The van der Waals surface area contributed by atoms with Crippen LogP contribution in [0.1, 0.15) is 19.3 Å². The number of nitrogens with two attached hydrogens (primary N) is 1. The van der Waals surface area contributed by atoms with E-state index in [4.69, 9.17) is 10.5 Å². The van der Waals surface area contributed by atoms with Crippen LogP contribution in [0.5, 0.6) is 0 Å². The Balaban J connectivity index is 1.96. The summed E-state index contributed by atoms with van der Waals surface area (Å²) in [6.45, 7) is 5.26. The Kier molecular flexibility index (Phi) is 4.79. The summed E-state index contributed by atoms with van der Waals surface area (Å²) in [6.07, 6.45) is 3.52. The van der Waals surface area contributed by atoms with Crippen molar-refractivity contribution in [3.05, 3.63) is 0 Å². The summed E-state index contributed by atoms with van der Waals surface area (Å²) in [5.74, 6) is 0.641. The minimum atomic E-state index is 0.296. The van der Waals surface area contributed by atoms with Crippen LogP contribution in [-0.2, 0) is 4.74 Å². The predicted octanol–water partition coefficient (Wildman–Crippen LogP) is 0.376.